The van der Waals surface area contributed by atoms with Crippen LogP contribution in [0.4, 0.5) is 22.0 Å². The van der Waals surface area contributed by atoms with Crippen molar-refractivity contribution in [3.05, 3.63) is 71.3 Å². The Balaban J connectivity index is 1.53. The molecule has 2 N–H and O–H groups in total. The zero-order chi connectivity index (χ0) is 25.3. The summed E-state index contributed by atoms with van der Waals surface area (Å²) in [5, 5.41) is 13.1. The molecule has 1 aliphatic heterocycles. The number of nitrogens with zero attached hydrogens (tertiary/aromatic N) is 1. The van der Waals surface area contributed by atoms with E-state index in [0.29, 0.717) is 18.4 Å². The Morgan fingerprint density at radius 3 is 2.09 bits per heavy atom. The number of hydrogen-bond acceptors (Lipinski definition) is 3. The second-order valence-corrected chi connectivity index (χ2v) is 9.74. The number of benzene rings is 2. The van der Waals surface area contributed by atoms with Gasteiger partial charge < -0.3 is 10.4 Å². The van der Waals surface area contributed by atoms with Gasteiger partial charge in [0.2, 0.25) is 5.91 Å². The third-order valence-electron chi connectivity index (χ3n) is 7.49. The van der Waals surface area contributed by atoms with Gasteiger partial charge in [-0.05, 0) is 61.1 Å². The number of aliphatic hydroxyl groups is 1. The first-order valence-corrected chi connectivity index (χ1v) is 11.8. The number of rotatable bonds is 7. The number of halogens is 5. The molecule has 1 amide bonds. The average molecular weight is 497 g/mol. The van der Waals surface area contributed by atoms with Crippen molar-refractivity contribution in [2.45, 2.75) is 61.8 Å². The minimum atomic E-state index is -4.76. The van der Waals surface area contributed by atoms with Gasteiger partial charge in [0.25, 0.3) is 0 Å². The lowest BCUT2D eigenvalue weighted by Gasteiger charge is -2.33. The molecule has 0 spiro atoms. The standard InChI is InChI=1S/C26H29F5N2O2/c27-20-7-3-18(4-8-20)15-22(33-14-13-25(35,17-33)26(29,30)31)16-32-23(34)24(11-1-2-12-24)19-5-9-21(28)10-6-19/h3-10,22,35H,1-2,11-17H2,(H,32,34). The van der Waals surface area contributed by atoms with E-state index in [2.05, 4.69) is 5.32 Å². The normalized spacial score (nSPS) is 23.4. The summed E-state index contributed by atoms with van der Waals surface area (Å²) < 4.78 is 67.1. The summed E-state index contributed by atoms with van der Waals surface area (Å²) in [6.07, 6.45) is -2.05. The number of hydrogen-bond donors (Lipinski definition) is 2. The van der Waals surface area contributed by atoms with Crippen LogP contribution in [0.5, 0.6) is 0 Å². The lowest BCUT2D eigenvalue weighted by molar-refractivity contribution is -0.254. The third kappa shape index (κ3) is 5.35. The van der Waals surface area contributed by atoms with Gasteiger partial charge in [-0.3, -0.25) is 9.69 Å². The summed E-state index contributed by atoms with van der Waals surface area (Å²) in [6.45, 7) is -0.519. The molecule has 35 heavy (non-hydrogen) atoms. The Morgan fingerprint density at radius 2 is 1.54 bits per heavy atom. The monoisotopic (exact) mass is 496 g/mol. The van der Waals surface area contributed by atoms with Crippen molar-refractivity contribution in [2.24, 2.45) is 0 Å². The van der Waals surface area contributed by atoms with Crippen molar-refractivity contribution in [1.82, 2.24) is 10.2 Å². The Hall–Kier alpha value is -2.52. The molecular formula is C26H29F5N2O2. The van der Waals surface area contributed by atoms with Gasteiger partial charge in [0, 0.05) is 25.7 Å². The van der Waals surface area contributed by atoms with Crippen LogP contribution in [0.2, 0.25) is 0 Å². The fraction of sp³-hybridized carbons (Fsp3) is 0.500. The summed E-state index contributed by atoms with van der Waals surface area (Å²) in [5.74, 6) is -1.06. The fourth-order valence-corrected chi connectivity index (χ4v) is 5.36. The van der Waals surface area contributed by atoms with Crippen molar-refractivity contribution >= 4 is 5.91 Å². The summed E-state index contributed by atoms with van der Waals surface area (Å²) in [6, 6.07) is 11.0. The molecular weight excluding hydrogens is 467 g/mol. The van der Waals surface area contributed by atoms with Crippen LogP contribution in [0.1, 0.15) is 43.2 Å². The molecule has 9 heteroatoms. The molecule has 2 atom stereocenters. The number of alkyl halides is 3. The van der Waals surface area contributed by atoms with Crippen LogP contribution in [0.3, 0.4) is 0 Å². The van der Waals surface area contributed by atoms with E-state index in [1.165, 1.54) is 29.2 Å². The number of nitrogens with one attached hydrogen (secondary N) is 1. The lowest BCUT2D eigenvalue weighted by atomic mass is 9.78. The topological polar surface area (TPSA) is 52.6 Å². The SMILES string of the molecule is O=C(NCC(Cc1ccc(F)cc1)N1CCC(O)(C(F)(F)F)C1)C1(c2ccc(F)cc2)CCCC1. The predicted octanol–water partition coefficient (Wildman–Crippen LogP) is 4.50. The summed E-state index contributed by atoms with van der Waals surface area (Å²) in [5.41, 5.74) is -2.19. The third-order valence-corrected chi connectivity index (χ3v) is 7.49. The molecule has 2 unspecified atom stereocenters. The van der Waals surface area contributed by atoms with Crippen LogP contribution in [0.15, 0.2) is 48.5 Å². The molecule has 190 valence electrons. The van der Waals surface area contributed by atoms with Crippen molar-refractivity contribution in [3.8, 4) is 0 Å². The van der Waals surface area contributed by atoms with E-state index in [1.807, 2.05) is 0 Å². The average Bonchev–Trinajstić information content (AvgIpc) is 3.47. The number of carbonyl (C=O) groups excluding carboxylic acids is 1. The van der Waals surface area contributed by atoms with Crippen LogP contribution in [-0.2, 0) is 16.6 Å². The summed E-state index contributed by atoms with van der Waals surface area (Å²) in [4.78, 5) is 15.0. The molecule has 1 saturated heterocycles. The number of likely N-dealkylation sites (tertiary alicyclic amines) is 1. The van der Waals surface area contributed by atoms with Crippen LogP contribution in [0, 0.1) is 11.6 Å². The maximum atomic E-state index is 13.5. The minimum absolute atomic E-state index is 0.0147. The number of amides is 1. The Labute approximate surface area is 201 Å². The Morgan fingerprint density at radius 1 is 0.971 bits per heavy atom. The van der Waals surface area contributed by atoms with E-state index in [0.717, 1.165) is 18.4 Å². The Kier molecular flexibility index (Phi) is 7.20. The van der Waals surface area contributed by atoms with E-state index in [4.69, 9.17) is 0 Å². The van der Waals surface area contributed by atoms with Gasteiger partial charge in [-0.1, -0.05) is 37.1 Å². The minimum Gasteiger partial charge on any atom is -0.379 e. The van der Waals surface area contributed by atoms with Crippen LogP contribution >= 0.6 is 0 Å². The highest BCUT2D eigenvalue weighted by Gasteiger charge is 2.57. The smallest absolute Gasteiger partial charge is 0.379 e. The zero-order valence-electron chi connectivity index (χ0n) is 19.3. The molecule has 2 aliphatic rings. The maximum absolute atomic E-state index is 13.5. The highest BCUT2D eigenvalue weighted by atomic mass is 19.4. The lowest BCUT2D eigenvalue weighted by Crippen LogP contribution is -2.52. The second kappa shape index (κ2) is 9.85. The molecule has 2 fully saturated rings. The van der Waals surface area contributed by atoms with Gasteiger partial charge >= 0.3 is 6.18 Å². The largest absolute Gasteiger partial charge is 0.418 e. The quantitative estimate of drug-likeness (QED) is 0.555. The van der Waals surface area contributed by atoms with Gasteiger partial charge in [0.05, 0.1) is 5.41 Å². The molecule has 1 aliphatic carbocycles. The second-order valence-electron chi connectivity index (χ2n) is 9.74. The molecule has 4 rings (SSSR count). The Bertz CT molecular complexity index is 1020. The maximum Gasteiger partial charge on any atom is 0.418 e. The fourth-order valence-electron chi connectivity index (χ4n) is 5.36. The molecule has 2 aromatic rings. The van der Waals surface area contributed by atoms with E-state index in [1.54, 1.807) is 24.3 Å². The first kappa shape index (κ1) is 25.6. The molecule has 0 bridgehead atoms. The number of β-amino-alcohol motifs (C(OH)–C–C–N with tert-alkyl or cyclic N) is 1. The van der Waals surface area contributed by atoms with E-state index >= 15 is 0 Å². The molecule has 0 radical (unpaired) electrons. The van der Waals surface area contributed by atoms with Gasteiger partial charge in [0.1, 0.15) is 11.6 Å². The van der Waals surface area contributed by atoms with Crippen LogP contribution < -0.4 is 5.32 Å². The van der Waals surface area contributed by atoms with Crippen LogP contribution in [0.25, 0.3) is 0 Å². The van der Waals surface area contributed by atoms with Crippen molar-refractivity contribution in [1.29, 1.82) is 0 Å². The molecule has 0 aromatic heterocycles. The number of carbonyl (C=O) groups is 1. The first-order valence-electron chi connectivity index (χ1n) is 11.8. The molecule has 2 aromatic carbocycles. The predicted molar refractivity (Wildman–Crippen MR) is 121 cm³/mol. The summed E-state index contributed by atoms with van der Waals surface area (Å²) >= 11 is 0. The highest BCUT2D eigenvalue weighted by molar-refractivity contribution is 5.88. The van der Waals surface area contributed by atoms with Gasteiger partial charge in [-0.2, -0.15) is 13.2 Å². The molecule has 4 nitrogen and oxygen atoms in total. The van der Waals surface area contributed by atoms with Crippen LogP contribution in [-0.4, -0.2) is 53.4 Å². The van der Waals surface area contributed by atoms with E-state index < -0.39 is 47.8 Å². The zero-order valence-corrected chi connectivity index (χ0v) is 19.3. The van der Waals surface area contributed by atoms with E-state index in [-0.39, 0.29) is 25.4 Å². The van der Waals surface area contributed by atoms with Gasteiger partial charge in [0.15, 0.2) is 5.60 Å². The highest BCUT2D eigenvalue weighted by Crippen LogP contribution is 2.42. The first-order chi connectivity index (χ1) is 16.5. The summed E-state index contributed by atoms with van der Waals surface area (Å²) in [7, 11) is 0. The van der Waals surface area contributed by atoms with Crippen molar-refractivity contribution in [2.75, 3.05) is 19.6 Å². The molecule has 1 heterocycles. The molecule has 1 saturated carbocycles. The van der Waals surface area contributed by atoms with Gasteiger partial charge in [-0.25, -0.2) is 8.78 Å². The van der Waals surface area contributed by atoms with E-state index in [9.17, 15) is 31.9 Å². The van der Waals surface area contributed by atoms with Gasteiger partial charge in [-0.15, -0.1) is 0 Å². The van der Waals surface area contributed by atoms with Crippen molar-refractivity contribution in [3.63, 3.8) is 0 Å². The van der Waals surface area contributed by atoms with Crippen molar-refractivity contribution < 1.29 is 31.9 Å².